The van der Waals surface area contributed by atoms with Crippen LogP contribution in [-0.2, 0) is 6.54 Å². The van der Waals surface area contributed by atoms with Gasteiger partial charge in [-0.1, -0.05) is 0 Å². The molecule has 1 aliphatic heterocycles. The molecule has 2 aromatic rings. The molecule has 1 aliphatic rings. The van der Waals surface area contributed by atoms with Gasteiger partial charge in [0.15, 0.2) is 5.69 Å². The SMILES string of the molecule is C[C@@H](O)CCNC(=O)c1coc(CN2CCN(c3ncccn3)CC2)n1. The quantitative estimate of drug-likeness (QED) is 0.725. The van der Waals surface area contributed by atoms with Crippen LogP contribution in [0, 0.1) is 0 Å². The van der Waals surface area contributed by atoms with Crippen LogP contribution in [0.5, 0.6) is 0 Å². The first-order valence-electron chi connectivity index (χ1n) is 8.77. The number of rotatable bonds is 7. The van der Waals surface area contributed by atoms with Crippen LogP contribution in [0.15, 0.2) is 29.1 Å². The predicted octanol–water partition coefficient (Wildman–Crippen LogP) is 0.288. The summed E-state index contributed by atoms with van der Waals surface area (Å²) in [6.45, 7) is 6.00. The van der Waals surface area contributed by atoms with E-state index in [9.17, 15) is 9.90 Å². The normalized spacial score (nSPS) is 16.5. The van der Waals surface area contributed by atoms with E-state index < -0.39 is 6.10 Å². The van der Waals surface area contributed by atoms with Gasteiger partial charge in [-0.05, 0) is 19.4 Å². The van der Waals surface area contributed by atoms with Gasteiger partial charge < -0.3 is 19.7 Å². The van der Waals surface area contributed by atoms with Crippen molar-refractivity contribution in [3.63, 3.8) is 0 Å². The Morgan fingerprint density at radius 2 is 2.04 bits per heavy atom. The molecule has 1 amide bonds. The summed E-state index contributed by atoms with van der Waals surface area (Å²) in [5, 5.41) is 11.9. The Hall–Kier alpha value is -2.52. The number of carbonyl (C=O) groups is 1. The minimum Gasteiger partial charge on any atom is -0.447 e. The highest BCUT2D eigenvalue weighted by molar-refractivity contribution is 5.91. The zero-order valence-corrected chi connectivity index (χ0v) is 14.8. The predicted molar refractivity (Wildman–Crippen MR) is 94.7 cm³/mol. The largest absolute Gasteiger partial charge is 0.447 e. The zero-order valence-electron chi connectivity index (χ0n) is 14.8. The summed E-state index contributed by atoms with van der Waals surface area (Å²) >= 11 is 0. The first-order valence-corrected chi connectivity index (χ1v) is 8.77. The second-order valence-electron chi connectivity index (χ2n) is 6.33. The lowest BCUT2D eigenvalue weighted by atomic mass is 10.3. The zero-order chi connectivity index (χ0) is 18.4. The van der Waals surface area contributed by atoms with E-state index in [1.165, 1.54) is 6.26 Å². The van der Waals surface area contributed by atoms with E-state index in [1.807, 2.05) is 0 Å². The maximum absolute atomic E-state index is 12.0. The van der Waals surface area contributed by atoms with E-state index in [-0.39, 0.29) is 11.6 Å². The van der Waals surface area contributed by atoms with Gasteiger partial charge in [-0.15, -0.1) is 0 Å². The fourth-order valence-electron chi connectivity index (χ4n) is 2.72. The standard InChI is InChI=1S/C17H24N6O3/c1-13(24)3-6-18-16(25)14-12-26-15(21-14)11-22-7-9-23(10-8-22)17-19-4-2-5-20-17/h2,4-5,12-13,24H,3,6-11H2,1H3,(H,18,25)/t13-/m1/s1. The van der Waals surface area contributed by atoms with Crippen molar-refractivity contribution in [1.82, 2.24) is 25.2 Å². The molecule has 1 atom stereocenters. The van der Waals surface area contributed by atoms with Crippen molar-refractivity contribution < 1.29 is 14.3 Å². The molecule has 1 saturated heterocycles. The number of anilines is 1. The number of amides is 1. The molecule has 9 nitrogen and oxygen atoms in total. The summed E-state index contributed by atoms with van der Waals surface area (Å²) < 4.78 is 5.43. The topological polar surface area (TPSA) is 108 Å². The van der Waals surface area contributed by atoms with Gasteiger partial charge in [-0.25, -0.2) is 15.0 Å². The molecule has 26 heavy (non-hydrogen) atoms. The molecule has 1 fully saturated rings. The van der Waals surface area contributed by atoms with Gasteiger partial charge in [0, 0.05) is 45.1 Å². The third kappa shape index (κ3) is 4.99. The average molecular weight is 360 g/mol. The first kappa shape index (κ1) is 18.3. The Morgan fingerprint density at radius 3 is 2.73 bits per heavy atom. The van der Waals surface area contributed by atoms with Crippen molar-refractivity contribution in [2.75, 3.05) is 37.6 Å². The van der Waals surface area contributed by atoms with Crippen molar-refractivity contribution in [2.24, 2.45) is 0 Å². The molecule has 140 valence electrons. The number of aromatic nitrogens is 3. The molecule has 3 heterocycles. The molecule has 2 N–H and O–H groups in total. The van der Waals surface area contributed by atoms with Crippen molar-refractivity contribution >= 4 is 11.9 Å². The molecular weight excluding hydrogens is 336 g/mol. The van der Waals surface area contributed by atoms with Crippen LogP contribution in [0.2, 0.25) is 0 Å². The van der Waals surface area contributed by atoms with Crippen LogP contribution in [-0.4, -0.2) is 69.7 Å². The van der Waals surface area contributed by atoms with Crippen LogP contribution in [0.4, 0.5) is 5.95 Å². The monoisotopic (exact) mass is 360 g/mol. The van der Waals surface area contributed by atoms with Gasteiger partial charge in [-0.2, -0.15) is 0 Å². The molecule has 9 heteroatoms. The smallest absolute Gasteiger partial charge is 0.273 e. The van der Waals surface area contributed by atoms with Crippen molar-refractivity contribution in [3.05, 3.63) is 36.3 Å². The van der Waals surface area contributed by atoms with Crippen molar-refractivity contribution in [1.29, 1.82) is 0 Å². The Kier molecular flexibility index (Phi) is 6.13. The van der Waals surface area contributed by atoms with Crippen LogP contribution in [0.1, 0.15) is 29.7 Å². The maximum Gasteiger partial charge on any atom is 0.273 e. The lowest BCUT2D eigenvalue weighted by Crippen LogP contribution is -2.46. The summed E-state index contributed by atoms with van der Waals surface area (Å²) in [6, 6.07) is 1.81. The van der Waals surface area contributed by atoms with Crippen molar-refractivity contribution in [2.45, 2.75) is 26.0 Å². The lowest BCUT2D eigenvalue weighted by Gasteiger charge is -2.33. The highest BCUT2D eigenvalue weighted by atomic mass is 16.3. The number of aliphatic hydroxyl groups excluding tert-OH is 1. The van der Waals surface area contributed by atoms with Gasteiger partial charge in [0.25, 0.3) is 5.91 Å². The minimum atomic E-state index is -0.442. The number of oxazole rings is 1. The Labute approximate surface area is 152 Å². The fraction of sp³-hybridized carbons (Fsp3) is 0.529. The number of nitrogens with one attached hydrogen (secondary N) is 1. The van der Waals surface area contributed by atoms with Crippen LogP contribution >= 0.6 is 0 Å². The third-order valence-corrected chi connectivity index (χ3v) is 4.20. The summed E-state index contributed by atoms with van der Waals surface area (Å²) in [7, 11) is 0. The van der Waals surface area contributed by atoms with E-state index in [1.54, 1.807) is 25.4 Å². The van der Waals surface area contributed by atoms with Crippen LogP contribution < -0.4 is 10.2 Å². The summed E-state index contributed by atoms with van der Waals surface area (Å²) in [5.41, 5.74) is 0.266. The molecule has 0 spiro atoms. The second kappa shape index (κ2) is 8.72. The van der Waals surface area contributed by atoms with E-state index in [4.69, 9.17) is 4.42 Å². The van der Waals surface area contributed by atoms with Crippen LogP contribution in [0.25, 0.3) is 0 Å². The molecule has 2 aromatic heterocycles. The van der Waals surface area contributed by atoms with E-state index in [2.05, 4.69) is 30.1 Å². The molecular formula is C17H24N6O3. The van der Waals surface area contributed by atoms with Gasteiger partial charge in [0.2, 0.25) is 11.8 Å². The number of piperazine rings is 1. The third-order valence-electron chi connectivity index (χ3n) is 4.20. The van der Waals surface area contributed by atoms with Crippen LogP contribution in [0.3, 0.4) is 0 Å². The maximum atomic E-state index is 12.0. The van der Waals surface area contributed by atoms with Gasteiger partial charge in [0.1, 0.15) is 6.26 Å². The number of carbonyl (C=O) groups excluding carboxylic acids is 1. The Bertz CT molecular complexity index is 698. The molecule has 3 rings (SSSR count). The van der Waals surface area contributed by atoms with Crippen molar-refractivity contribution in [3.8, 4) is 0 Å². The van der Waals surface area contributed by atoms with Gasteiger partial charge >= 0.3 is 0 Å². The summed E-state index contributed by atoms with van der Waals surface area (Å²) in [6.07, 6.45) is 4.93. The lowest BCUT2D eigenvalue weighted by molar-refractivity contribution is 0.0940. The molecule has 0 saturated carbocycles. The van der Waals surface area contributed by atoms with E-state index in [0.29, 0.717) is 25.4 Å². The number of hydrogen-bond acceptors (Lipinski definition) is 8. The number of aliphatic hydroxyl groups is 1. The average Bonchev–Trinajstić information content (AvgIpc) is 3.11. The summed E-state index contributed by atoms with van der Waals surface area (Å²) in [4.78, 5) is 29.2. The summed E-state index contributed by atoms with van der Waals surface area (Å²) in [5.74, 6) is 0.987. The number of nitrogens with zero attached hydrogens (tertiary/aromatic N) is 5. The molecule has 0 bridgehead atoms. The van der Waals surface area contributed by atoms with Gasteiger partial charge in [-0.3, -0.25) is 9.69 Å². The highest BCUT2D eigenvalue weighted by Gasteiger charge is 2.21. The molecule has 0 radical (unpaired) electrons. The second-order valence-corrected chi connectivity index (χ2v) is 6.33. The Balaban J connectivity index is 1.45. The van der Waals surface area contributed by atoms with Gasteiger partial charge in [0.05, 0.1) is 12.6 Å². The highest BCUT2D eigenvalue weighted by Crippen LogP contribution is 2.12. The molecule has 0 aromatic carbocycles. The Morgan fingerprint density at radius 1 is 1.31 bits per heavy atom. The molecule has 0 unspecified atom stereocenters. The number of hydrogen-bond donors (Lipinski definition) is 2. The first-order chi connectivity index (χ1) is 12.6. The van der Waals surface area contributed by atoms with E-state index in [0.717, 1.165) is 32.1 Å². The fourth-order valence-corrected chi connectivity index (χ4v) is 2.72. The minimum absolute atomic E-state index is 0.266. The van der Waals surface area contributed by atoms with E-state index >= 15 is 0 Å². The molecule has 0 aliphatic carbocycles.